The van der Waals surface area contributed by atoms with E-state index in [1.807, 2.05) is 30.3 Å². The van der Waals surface area contributed by atoms with Crippen LogP contribution in [0.5, 0.6) is 0 Å². The number of para-hydroxylation sites is 2. The maximum atomic E-state index is 6.09. The van der Waals surface area contributed by atoms with Crippen LogP contribution in [0.15, 0.2) is 89.5 Å². The molecule has 4 heterocycles. The minimum absolute atomic E-state index is 0. The average Bonchev–Trinajstić information content (AvgIpc) is 3.61. The van der Waals surface area contributed by atoms with Gasteiger partial charge in [-0.3, -0.25) is 4.98 Å². The van der Waals surface area contributed by atoms with E-state index < -0.39 is 13.3 Å². The molecule has 0 saturated heterocycles. The number of hydrogen-bond donors (Lipinski definition) is 0. The van der Waals surface area contributed by atoms with E-state index >= 15 is 0 Å². The van der Waals surface area contributed by atoms with E-state index in [9.17, 15) is 0 Å². The Bertz CT molecular complexity index is 2350. The SMILES string of the molecule is CC(C)(C)Cc1cc(-c2[c-]cccc2)nc[c]1[Ge]([CH3])([CH3])[CH3].CC(C)(C)Cc1ccc2c(n1)oc1c[c-]c(-c3nc4ccccc4n3C(C)(C)C)cc12.[Ir]. The first-order chi connectivity index (χ1) is 24.3. The summed E-state index contributed by atoms with van der Waals surface area (Å²) in [5, 5.41) is 2.08. The van der Waals surface area contributed by atoms with Crippen molar-refractivity contribution in [1.82, 2.24) is 19.5 Å². The van der Waals surface area contributed by atoms with Crippen LogP contribution in [0.1, 0.15) is 73.6 Å². The summed E-state index contributed by atoms with van der Waals surface area (Å²) in [6, 6.07) is 33.7. The third-order valence-corrected chi connectivity index (χ3v) is 13.4. The maximum absolute atomic E-state index is 6.09. The van der Waals surface area contributed by atoms with Crippen LogP contribution in [0.25, 0.3) is 55.7 Å². The Kier molecular flexibility index (Phi) is 11.7. The number of imidazole rings is 1. The van der Waals surface area contributed by atoms with Gasteiger partial charge in [0.25, 0.3) is 0 Å². The number of rotatable bonds is 5. The Morgan fingerprint density at radius 1 is 0.736 bits per heavy atom. The first-order valence-electron chi connectivity index (χ1n) is 18.5. The molecular formula is C46H54GeIrN4O-2. The van der Waals surface area contributed by atoms with E-state index in [1.54, 1.807) is 0 Å². The van der Waals surface area contributed by atoms with Crippen LogP contribution in [0.2, 0.25) is 17.3 Å². The molecule has 0 atom stereocenters. The molecule has 0 unspecified atom stereocenters. The van der Waals surface area contributed by atoms with Crippen LogP contribution in [0.4, 0.5) is 0 Å². The van der Waals surface area contributed by atoms with Gasteiger partial charge in [-0.25, -0.2) is 4.98 Å². The van der Waals surface area contributed by atoms with E-state index in [0.29, 0.717) is 11.1 Å². The molecule has 5 nitrogen and oxygen atoms in total. The number of benzene rings is 3. The Morgan fingerprint density at radius 3 is 2.08 bits per heavy atom. The van der Waals surface area contributed by atoms with Crippen LogP contribution in [0.3, 0.4) is 0 Å². The summed E-state index contributed by atoms with van der Waals surface area (Å²) in [7, 11) is 0. The van der Waals surface area contributed by atoms with Crippen molar-refractivity contribution in [2.45, 2.75) is 98.0 Å². The molecule has 1 radical (unpaired) electrons. The van der Waals surface area contributed by atoms with E-state index in [-0.39, 0.29) is 31.1 Å². The molecule has 3 aromatic carbocycles. The number of fused-ring (bicyclic) bond motifs is 4. The van der Waals surface area contributed by atoms with E-state index in [2.05, 4.69) is 151 Å². The minimum atomic E-state index is -1.90. The molecule has 0 saturated carbocycles. The second-order valence-electron chi connectivity index (χ2n) is 18.5. The Hall–Kier alpha value is -3.58. The normalized spacial score (nSPS) is 12.5. The van der Waals surface area contributed by atoms with Gasteiger partial charge in [0.15, 0.2) is 0 Å². The molecule has 279 valence electrons. The molecule has 0 spiro atoms. The van der Waals surface area contributed by atoms with E-state index in [4.69, 9.17) is 19.4 Å². The van der Waals surface area contributed by atoms with Crippen molar-refractivity contribution >= 4 is 50.8 Å². The predicted octanol–water partition coefficient (Wildman–Crippen LogP) is 11.8. The standard InChI is InChI=1S/C27H28N3O.C19H26GeN.Ir/c1-26(2,3)16-18-12-13-19-20-15-17(11-14-23(20)31-25(19)28-18)24-29-21-9-7-8-10-22(21)30(24)27(4,5)6;1-19(2,3)13-16-12-18(15-10-8-7-9-11-15)21-14-17(16)20(4,5)6;/h7-10,12-15H,16H2,1-6H3;7-10,12,14H,13H2,1-6H3;/q2*-1;. The van der Waals surface area contributed by atoms with Gasteiger partial charge in [-0.05, 0) is 56.9 Å². The molecule has 0 bridgehead atoms. The summed E-state index contributed by atoms with van der Waals surface area (Å²) in [6.07, 6.45) is 4.15. The monoisotopic (exact) mass is 945 g/mol. The second kappa shape index (κ2) is 15.3. The first-order valence-corrected chi connectivity index (χ1v) is 25.8. The molecule has 0 amide bonds. The van der Waals surface area contributed by atoms with Crippen molar-refractivity contribution < 1.29 is 24.5 Å². The molecule has 7 rings (SSSR count). The second-order valence-corrected chi connectivity index (χ2v) is 29.1. The van der Waals surface area contributed by atoms with Crippen molar-refractivity contribution in [3.8, 4) is 22.6 Å². The topological polar surface area (TPSA) is 56.7 Å². The fourth-order valence-corrected chi connectivity index (χ4v) is 10.2. The largest absolute Gasteiger partial charge is 0.486 e. The molecule has 7 heteroatoms. The third-order valence-electron chi connectivity index (χ3n) is 9.02. The van der Waals surface area contributed by atoms with E-state index in [1.165, 1.54) is 9.96 Å². The quantitative estimate of drug-likeness (QED) is 0.127. The smallest absolute Gasteiger partial charge is 0.216 e. The van der Waals surface area contributed by atoms with Gasteiger partial charge >= 0.3 is 132 Å². The molecular weight excluding hydrogens is 889 g/mol. The molecule has 0 N–H and O–H groups in total. The van der Waals surface area contributed by atoms with Gasteiger partial charge in [-0.1, -0.05) is 38.3 Å². The van der Waals surface area contributed by atoms with Gasteiger partial charge in [0, 0.05) is 36.7 Å². The van der Waals surface area contributed by atoms with Crippen molar-refractivity contribution in [2.75, 3.05) is 0 Å². The number of furan rings is 1. The van der Waals surface area contributed by atoms with Crippen molar-refractivity contribution in [3.05, 3.63) is 108 Å². The van der Waals surface area contributed by atoms with Crippen molar-refractivity contribution in [2.24, 2.45) is 10.8 Å². The molecule has 7 aromatic rings. The third kappa shape index (κ3) is 9.57. The number of hydrogen-bond acceptors (Lipinski definition) is 4. The zero-order chi connectivity index (χ0) is 37.6. The Morgan fingerprint density at radius 2 is 1.43 bits per heavy atom. The summed E-state index contributed by atoms with van der Waals surface area (Å²) >= 11 is -1.90. The van der Waals surface area contributed by atoms with Crippen LogP contribution < -0.4 is 4.40 Å². The first kappa shape index (κ1) is 40.6. The van der Waals surface area contributed by atoms with Gasteiger partial charge in [0.1, 0.15) is 0 Å². The average molecular weight is 944 g/mol. The Labute approximate surface area is 332 Å². The number of pyridine rings is 2. The summed E-state index contributed by atoms with van der Waals surface area (Å²) < 4.78 is 9.91. The maximum Gasteiger partial charge on any atom is 0.216 e. The molecule has 4 aromatic heterocycles. The van der Waals surface area contributed by atoms with E-state index in [0.717, 1.165) is 68.6 Å². The van der Waals surface area contributed by atoms with Crippen LogP contribution in [-0.2, 0) is 38.5 Å². The Balaban J connectivity index is 0.000000216. The van der Waals surface area contributed by atoms with Gasteiger partial charge in [-0.2, -0.15) is 0 Å². The number of aromatic nitrogens is 4. The van der Waals surface area contributed by atoms with Crippen LogP contribution in [-0.4, -0.2) is 32.8 Å². The fourth-order valence-electron chi connectivity index (χ4n) is 6.89. The van der Waals surface area contributed by atoms with Gasteiger partial charge in [0.05, 0.1) is 22.4 Å². The molecule has 0 fully saturated rings. The van der Waals surface area contributed by atoms with Gasteiger partial charge < -0.3 is 8.98 Å². The summed E-state index contributed by atoms with van der Waals surface area (Å²) in [5.41, 5.74) is 9.59. The fraction of sp³-hybridized carbons (Fsp3) is 0.370. The zero-order valence-electron chi connectivity index (χ0n) is 33.5. The summed E-state index contributed by atoms with van der Waals surface area (Å²) in [6.45, 7) is 20.2. The van der Waals surface area contributed by atoms with Crippen molar-refractivity contribution in [3.63, 3.8) is 0 Å². The summed E-state index contributed by atoms with van der Waals surface area (Å²) in [4.78, 5) is 14.5. The predicted molar refractivity (Wildman–Crippen MR) is 222 cm³/mol. The number of nitrogens with zero attached hydrogens (tertiary/aromatic N) is 4. The van der Waals surface area contributed by atoms with Gasteiger partial charge in [-0.15, -0.1) is 23.8 Å². The summed E-state index contributed by atoms with van der Waals surface area (Å²) in [5.74, 6) is 8.24. The van der Waals surface area contributed by atoms with Crippen LogP contribution in [0, 0.1) is 23.0 Å². The van der Waals surface area contributed by atoms with Gasteiger partial charge in [0.2, 0.25) is 5.71 Å². The molecule has 53 heavy (non-hydrogen) atoms. The molecule has 0 aliphatic rings. The minimum Gasteiger partial charge on any atom is -0.486 e. The van der Waals surface area contributed by atoms with Crippen molar-refractivity contribution in [1.29, 1.82) is 0 Å². The molecule has 0 aliphatic carbocycles. The zero-order valence-corrected chi connectivity index (χ0v) is 38.0. The molecule has 0 aliphatic heterocycles. The van der Waals surface area contributed by atoms with Crippen LogP contribution >= 0.6 is 0 Å².